The number of nitriles is 1. The molecule has 0 aliphatic carbocycles. The first-order chi connectivity index (χ1) is 16.1. The number of rotatable bonds is 9. The number of thiol groups is 1. The normalized spacial score (nSPS) is 24.3. The molecule has 200 valence electrons. The first-order valence-corrected chi connectivity index (χ1v) is 18.8. The summed E-state index contributed by atoms with van der Waals surface area (Å²) in [6.07, 6.45) is 1.22. The number of pyridine rings is 1. The predicted octanol–water partition coefficient (Wildman–Crippen LogP) is 4.56. The second kappa shape index (κ2) is 11.2. The third kappa shape index (κ3) is 6.05. The molecule has 11 heteroatoms. The lowest BCUT2D eigenvalue weighted by molar-refractivity contribution is 0.418. The molecule has 3 atom stereocenters. The highest BCUT2D eigenvalue weighted by Crippen LogP contribution is 2.38. The van der Waals surface area contributed by atoms with Crippen LogP contribution in [0.25, 0.3) is 0 Å². The van der Waals surface area contributed by atoms with E-state index in [0.29, 0.717) is 22.8 Å². The highest BCUT2D eigenvalue weighted by atomic mass is 79.9. The Morgan fingerprint density at radius 2 is 1.91 bits per heavy atom. The maximum absolute atomic E-state index is 16.5. The van der Waals surface area contributed by atoms with Crippen LogP contribution < -0.4 is 14.6 Å². The molecule has 2 N–H and O–H groups in total. The zero-order chi connectivity index (χ0) is 26.9. The maximum Gasteiger partial charge on any atom is 0.146 e. The van der Waals surface area contributed by atoms with Crippen molar-refractivity contribution in [1.82, 2.24) is 14.4 Å². The summed E-state index contributed by atoms with van der Waals surface area (Å²) < 4.78 is 49.3. The summed E-state index contributed by atoms with van der Waals surface area (Å²) in [5.41, 5.74) is -1.23. The second-order valence-corrected chi connectivity index (χ2v) is 22.2. The first-order valence-electron chi connectivity index (χ1n) is 12.4. The topological polar surface area (TPSA) is 101 Å². The van der Waals surface area contributed by atoms with Gasteiger partial charge in [-0.05, 0) is 84.8 Å². The Kier molecular flexibility index (Phi) is 9.86. The van der Waals surface area contributed by atoms with Crippen LogP contribution in [0.3, 0.4) is 0 Å². The summed E-state index contributed by atoms with van der Waals surface area (Å²) in [6.45, 7) is 15.8. The molecule has 1 saturated heterocycles. The van der Waals surface area contributed by atoms with Gasteiger partial charge in [-0.3, -0.25) is 8.93 Å². The van der Waals surface area contributed by atoms with E-state index >= 15 is 4.39 Å². The van der Waals surface area contributed by atoms with Gasteiger partial charge >= 0.3 is 0 Å². The molecule has 2 rings (SSSR count). The molecule has 1 aromatic rings. The van der Waals surface area contributed by atoms with Crippen LogP contribution in [0.5, 0.6) is 0 Å². The first kappa shape index (κ1) is 30.9. The third-order valence-corrected chi connectivity index (χ3v) is 19.2. The summed E-state index contributed by atoms with van der Waals surface area (Å²) in [7, 11) is -5.51. The van der Waals surface area contributed by atoms with Crippen molar-refractivity contribution in [3.05, 3.63) is 22.2 Å². The number of aromatic nitrogens is 1. The average Bonchev–Trinajstić information content (AvgIpc) is 2.78. The molecule has 35 heavy (non-hydrogen) atoms. The summed E-state index contributed by atoms with van der Waals surface area (Å²) in [5.74, 6) is -0.487. The molecule has 0 aromatic carbocycles. The van der Waals surface area contributed by atoms with Crippen molar-refractivity contribution in [3.63, 3.8) is 0 Å². The summed E-state index contributed by atoms with van der Waals surface area (Å²) >= 11 is 1.91. The van der Waals surface area contributed by atoms with Gasteiger partial charge in [0, 0.05) is 23.7 Å². The van der Waals surface area contributed by atoms with Crippen LogP contribution in [0.15, 0.2) is 10.7 Å². The minimum atomic E-state index is -3.36. The lowest BCUT2D eigenvalue weighted by Gasteiger charge is -2.46. The molecule has 0 unspecified atom stereocenters. The van der Waals surface area contributed by atoms with E-state index in [4.69, 9.17) is 0 Å². The fourth-order valence-electron chi connectivity index (χ4n) is 4.94. The van der Waals surface area contributed by atoms with Crippen LogP contribution in [0.4, 0.5) is 4.39 Å². The third-order valence-electron chi connectivity index (χ3n) is 7.71. The Labute approximate surface area is 224 Å². The highest BCUT2D eigenvalue weighted by molar-refractivity contribution is 9.10. The summed E-state index contributed by atoms with van der Waals surface area (Å²) in [6, 6.07) is 6.73. The van der Waals surface area contributed by atoms with E-state index in [2.05, 4.69) is 57.2 Å². The monoisotopic (exact) mass is 608 g/mol. The van der Waals surface area contributed by atoms with Crippen LogP contribution in [0, 0.1) is 17.1 Å². The molecule has 6 nitrogen and oxygen atoms in total. The minimum Gasteiger partial charge on any atom is -0.598 e. The smallest absolute Gasteiger partial charge is 0.146 e. The fraction of sp³-hybridized carbons (Fsp3) is 0.750. The predicted molar refractivity (Wildman–Crippen MR) is 153 cm³/mol. The van der Waals surface area contributed by atoms with Crippen molar-refractivity contribution >= 4 is 50.7 Å². The summed E-state index contributed by atoms with van der Waals surface area (Å²) in [4.78, 5) is 4.56. The number of hydrogen-bond donors (Lipinski definition) is 3. The van der Waals surface area contributed by atoms with Crippen LogP contribution in [-0.4, -0.2) is 43.6 Å². The van der Waals surface area contributed by atoms with Gasteiger partial charge in [-0.1, -0.05) is 38.9 Å². The SMILES string of the molecule is CC[Si](CC)(CC)c1cc(Br)nc([C@](C)(C[SH]2(=O)NCCC[C@@]2(C)C#N)N[S@+]([O-])C(C)(C)C)c1F. The van der Waals surface area contributed by atoms with E-state index in [0.717, 1.165) is 24.6 Å². The van der Waals surface area contributed by atoms with Crippen LogP contribution >= 0.6 is 15.9 Å². The standard InChI is InChI=1S/C24H42BrFN4O2S2Si/c1-9-35(10-2,11-3)18-15-19(25)29-21(20(18)26)24(8,30-33(31)22(4,5)6)17-34(32)23(7,16-27)13-12-14-28-34/h15,30,34H,9-14,17H2,1-8H3,(H,28,32)/t23-,24-,33+/m0/s1. The van der Waals surface area contributed by atoms with E-state index in [1.807, 2.05) is 20.8 Å². The largest absolute Gasteiger partial charge is 0.598 e. The molecule has 0 bridgehead atoms. The van der Waals surface area contributed by atoms with Crippen molar-refractivity contribution in [2.45, 2.75) is 101 Å². The van der Waals surface area contributed by atoms with Gasteiger partial charge in [0.2, 0.25) is 0 Å². The average molecular weight is 610 g/mol. The van der Waals surface area contributed by atoms with E-state index in [-0.39, 0.29) is 11.4 Å². The summed E-state index contributed by atoms with van der Waals surface area (Å²) in [5, 5.41) is 10.7. The van der Waals surface area contributed by atoms with Crippen LogP contribution in [0.1, 0.15) is 73.9 Å². The quantitative estimate of drug-likeness (QED) is 0.165. The lowest BCUT2D eigenvalue weighted by atomic mass is 10.0. The zero-order valence-corrected chi connectivity index (χ0v) is 26.6. The van der Waals surface area contributed by atoms with Crippen molar-refractivity contribution in [2.75, 3.05) is 12.3 Å². The Balaban J connectivity index is 2.80. The van der Waals surface area contributed by atoms with Gasteiger partial charge in [0.05, 0.1) is 14.1 Å². The van der Waals surface area contributed by atoms with E-state index < -0.39 is 50.4 Å². The molecular weight excluding hydrogens is 567 g/mol. The molecule has 1 aliphatic rings. The molecule has 0 amide bonds. The van der Waals surface area contributed by atoms with Gasteiger partial charge in [-0.15, -0.1) is 4.72 Å². The van der Waals surface area contributed by atoms with Gasteiger partial charge in [-0.25, -0.2) is 9.37 Å². The minimum absolute atomic E-state index is 0.0787. The van der Waals surface area contributed by atoms with Crippen molar-refractivity contribution < 1.29 is 13.2 Å². The van der Waals surface area contributed by atoms with Crippen molar-refractivity contribution in [3.8, 4) is 6.07 Å². The number of hydrogen-bond acceptors (Lipinski definition) is 5. The lowest BCUT2D eigenvalue weighted by Crippen LogP contribution is -2.63. The molecule has 1 aromatic heterocycles. The zero-order valence-electron chi connectivity index (χ0n) is 22.3. The number of nitrogens with zero attached hydrogens (tertiary/aromatic N) is 2. The highest BCUT2D eigenvalue weighted by Gasteiger charge is 2.50. The molecule has 1 fully saturated rings. The Morgan fingerprint density at radius 1 is 1.34 bits per heavy atom. The second-order valence-electron chi connectivity index (χ2n) is 11.1. The number of halogens is 2. The molecule has 2 heterocycles. The van der Waals surface area contributed by atoms with E-state index in [1.165, 1.54) is 0 Å². The molecule has 0 saturated carbocycles. The van der Waals surface area contributed by atoms with Gasteiger partial charge in [0.15, 0.2) is 0 Å². The van der Waals surface area contributed by atoms with Gasteiger partial charge < -0.3 is 4.55 Å². The molecular formula is C24H42BrFN4O2S2Si. The van der Waals surface area contributed by atoms with Crippen molar-refractivity contribution in [2.24, 2.45) is 0 Å². The van der Waals surface area contributed by atoms with Gasteiger partial charge in [-0.2, -0.15) is 5.26 Å². The van der Waals surface area contributed by atoms with Gasteiger partial charge in [0.1, 0.15) is 31.1 Å². The molecule has 1 aliphatic heterocycles. The van der Waals surface area contributed by atoms with Crippen LogP contribution in [-0.2, 0) is 27.0 Å². The van der Waals surface area contributed by atoms with Gasteiger partial charge in [0.25, 0.3) is 0 Å². The molecule has 0 radical (unpaired) electrons. The Hall–Kier alpha value is -0.353. The molecule has 0 spiro atoms. The van der Waals surface area contributed by atoms with E-state index in [1.54, 1.807) is 19.9 Å². The van der Waals surface area contributed by atoms with Crippen molar-refractivity contribution in [1.29, 1.82) is 5.26 Å². The van der Waals surface area contributed by atoms with E-state index in [9.17, 15) is 14.0 Å². The number of nitrogens with one attached hydrogen (secondary N) is 2. The van der Waals surface area contributed by atoms with Crippen LogP contribution in [0.2, 0.25) is 18.1 Å². The maximum atomic E-state index is 16.5. The Morgan fingerprint density at radius 3 is 2.40 bits per heavy atom. The Bertz CT molecular complexity index is 1010. The fourth-order valence-corrected chi connectivity index (χ4v) is 13.4.